The number of halogens is 1. The van der Waals surface area contributed by atoms with Crippen LogP contribution in [0, 0.1) is 6.92 Å². The number of aliphatic hydroxyl groups excluding tert-OH is 1. The molecule has 2 unspecified atom stereocenters. The number of carbonyl (C=O) groups excluding carboxylic acids is 1. The van der Waals surface area contributed by atoms with Gasteiger partial charge in [0, 0.05) is 31.4 Å². The van der Waals surface area contributed by atoms with Crippen LogP contribution in [0.4, 0.5) is 5.95 Å². The van der Waals surface area contributed by atoms with Crippen molar-refractivity contribution in [1.29, 1.82) is 0 Å². The lowest BCUT2D eigenvalue weighted by Gasteiger charge is -2.25. The summed E-state index contributed by atoms with van der Waals surface area (Å²) in [6.45, 7) is 4.39. The predicted molar refractivity (Wildman–Crippen MR) is 158 cm³/mol. The Morgan fingerprint density at radius 2 is 2.00 bits per heavy atom. The van der Waals surface area contributed by atoms with E-state index in [1.807, 2.05) is 19.1 Å². The Bertz CT molecular complexity index is 1580. The first kappa shape index (κ1) is 30.2. The summed E-state index contributed by atoms with van der Waals surface area (Å²) in [4.78, 5) is 22.2. The van der Waals surface area contributed by atoms with Crippen molar-refractivity contribution in [3.05, 3.63) is 64.3 Å². The molecule has 3 N–H and O–H groups in total. The number of rotatable bonds is 9. The van der Waals surface area contributed by atoms with Crippen LogP contribution in [0.3, 0.4) is 0 Å². The quantitative estimate of drug-likeness (QED) is 0.330. The molecular weight excluding hydrogens is 582 g/mol. The first-order valence-electron chi connectivity index (χ1n) is 13.7. The third-order valence-corrected chi connectivity index (χ3v) is 9.85. The van der Waals surface area contributed by atoms with E-state index in [0.29, 0.717) is 47.3 Å². The largest absolute Gasteiger partial charge is 0.497 e. The monoisotopic (exact) mass is 615 g/mol. The van der Waals surface area contributed by atoms with Crippen molar-refractivity contribution in [3.63, 3.8) is 0 Å². The molecule has 42 heavy (non-hydrogen) atoms. The van der Waals surface area contributed by atoms with Gasteiger partial charge >= 0.3 is 0 Å². The van der Waals surface area contributed by atoms with Crippen LogP contribution in [0.5, 0.6) is 5.75 Å². The zero-order valence-electron chi connectivity index (χ0n) is 23.6. The minimum absolute atomic E-state index is 0.0304. The number of hydrogen-bond acceptors (Lipinski definition) is 9. The summed E-state index contributed by atoms with van der Waals surface area (Å²) in [5, 5.41) is 16.4. The van der Waals surface area contributed by atoms with Gasteiger partial charge in [0.1, 0.15) is 11.8 Å². The van der Waals surface area contributed by atoms with Gasteiger partial charge in [-0.15, -0.1) is 0 Å². The number of benzene rings is 2. The first-order chi connectivity index (χ1) is 20.1. The first-order valence-corrected chi connectivity index (χ1v) is 15.5. The molecule has 5 rings (SSSR count). The summed E-state index contributed by atoms with van der Waals surface area (Å²) in [5.74, 6) is 0.462. The van der Waals surface area contributed by atoms with Gasteiger partial charge in [0.05, 0.1) is 41.6 Å². The van der Waals surface area contributed by atoms with Crippen molar-refractivity contribution >= 4 is 33.5 Å². The van der Waals surface area contributed by atoms with E-state index in [0.717, 1.165) is 22.7 Å². The van der Waals surface area contributed by atoms with Gasteiger partial charge in [0.25, 0.3) is 0 Å². The summed E-state index contributed by atoms with van der Waals surface area (Å²) >= 11 is 6.44. The fourth-order valence-electron chi connectivity index (χ4n) is 5.21. The minimum atomic E-state index is -4.02. The maximum Gasteiger partial charge on any atom is 0.244 e. The molecule has 13 heteroatoms. The number of sulfonamides is 1. The zero-order chi connectivity index (χ0) is 30.0. The fourth-order valence-corrected chi connectivity index (χ4v) is 7.23. The highest BCUT2D eigenvalue weighted by atomic mass is 35.5. The van der Waals surface area contributed by atoms with E-state index in [1.54, 1.807) is 18.2 Å². The molecule has 0 bridgehead atoms. The molecule has 2 aliphatic heterocycles. The van der Waals surface area contributed by atoms with Gasteiger partial charge in [-0.25, -0.2) is 18.4 Å². The number of methoxy groups -OCH3 is 1. The summed E-state index contributed by atoms with van der Waals surface area (Å²) in [7, 11) is -2.48. The highest BCUT2D eigenvalue weighted by molar-refractivity contribution is 7.89. The minimum Gasteiger partial charge on any atom is -0.497 e. The molecule has 2 aromatic carbocycles. The standard InChI is InChI=1S/C29H34ClN5O6S/c1-17-10-21(12-23(11-17)40-3)25(16-36)33-28(37)18(2)35-15-20-5-4-19(13-26(20)42(35,38)39)27-24(30)14-31-29(34-27)32-22-6-8-41-9-7-22/h4-5,10-14,18,22,25,36H,6-9,15-16H2,1-3H3,(H,33,37)(H,31,32,34). The van der Waals surface area contributed by atoms with E-state index in [-0.39, 0.29) is 29.1 Å². The van der Waals surface area contributed by atoms with Gasteiger partial charge in [-0.3, -0.25) is 4.79 Å². The number of carbonyl (C=O) groups is 1. The van der Waals surface area contributed by atoms with E-state index < -0.39 is 28.0 Å². The van der Waals surface area contributed by atoms with Gasteiger partial charge in [0.2, 0.25) is 21.9 Å². The number of fused-ring (bicyclic) bond motifs is 1. The highest BCUT2D eigenvalue weighted by Crippen LogP contribution is 2.36. The smallest absolute Gasteiger partial charge is 0.244 e. The summed E-state index contributed by atoms with van der Waals surface area (Å²) in [6, 6.07) is 8.82. The van der Waals surface area contributed by atoms with Crippen LogP contribution >= 0.6 is 11.6 Å². The molecule has 1 aromatic heterocycles. The molecule has 0 radical (unpaired) electrons. The van der Waals surface area contributed by atoms with Gasteiger partial charge < -0.3 is 25.2 Å². The maximum atomic E-state index is 13.7. The van der Waals surface area contributed by atoms with Crippen molar-refractivity contribution in [2.24, 2.45) is 0 Å². The van der Waals surface area contributed by atoms with Crippen LogP contribution < -0.4 is 15.4 Å². The molecule has 224 valence electrons. The molecule has 1 fully saturated rings. The molecule has 1 saturated heterocycles. The SMILES string of the molecule is COc1cc(C)cc(C(CO)NC(=O)C(C)N2Cc3ccc(-c4nc(NC5CCOCC5)ncc4Cl)cc3S2(=O)=O)c1. The van der Waals surface area contributed by atoms with E-state index in [2.05, 4.69) is 20.6 Å². The van der Waals surface area contributed by atoms with E-state index >= 15 is 0 Å². The molecule has 0 spiro atoms. The van der Waals surface area contributed by atoms with Crippen molar-refractivity contribution < 1.29 is 27.8 Å². The zero-order valence-corrected chi connectivity index (χ0v) is 25.2. The van der Waals surface area contributed by atoms with Crippen LogP contribution in [0.2, 0.25) is 5.02 Å². The molecule has 3 heterocycles. The van der Waals surface area contributed by atoms with Crippen LogP contribution in [0.25, 0.3) is 11.3 Å². The van der Waals surface area contributed by atoms with Crippen molar-refractivity contribution in [2.45, 2.75) is 56.3 Å². The topological polar surface area (TPSA) is 143 Å². The molecular formula is C29H34ClN5O6S. The van der Waals surface area contributed by atoms with Gasteiger partial charge in [0.15, 0.2) is 0 Å². The number of aromatic nitrogens is 2. The summed E-state index contributed by atoms with van der Waals surface area (Å²) in [5.41, 5.74) is 3.04. The number of nitrogens with zero attached hydrogens (tertiary/aromatic N) is 3. The molecule has 2 atom stereocenters. The van der Waals surface area contributed by atoms with E-state index in [4.69, 9.17) is 21.1 Å². The van der Waals surface area contributed by atoms with E-state index in [9.17, 15) is 18.3 Å². The Morgan fingerprint density at radius 3 is 2.71 bits per heavy atom. The number of amides is 1. The van der Waals surface area contributed by atoms with Gasteiger partial charge in [-0.2, -0.15) is 4.31 Å². The summed E-state index contributed by atoms with van der Waals surface area (Å²) in [6.07, 6.45) is 3.16. The summed E-state index contributed by atoms with van der Waals surface area (Å²) < 4.78 is 39.2. The predicted octanol–water partition coefficient (Wildman–Crippen LogP) is 3.45. The Balaban J connectivity index is 1.35. The fraction of sp³-hybridized carbons (Fsp3) is 0.414. The van der Waals surface area contributed by atoms with E-state index in [1.165, 1.54) is 26.3 Å². The third-order valence-electron chi connectivity index (χ3n) is 7.57. The molecule has 11 nitrogen and oxygen atoms in total. The molecule has 0 aliphatic carbocycles. The number of hydrogen-bond donors (Lipinski definition) is 3. The second kappa shape index (κ2) is 12.5. The second-order valence-electron chi connectivity index (χ2n) is 10.5. The lowest BCUT2D eigenvalue weighted by atomic mass is 10.0. The molecule has 1 amide bonds. The highest BCUT2D eigenvalue weighted by Gasteiger charge is 2.41. The van der Waals surface area contributed by atoms with Crippen molar-refractivity contribution in [2.75, 3.05) is 32.2 Å². The Labute approximate surface area is 250 Å². The van der Waals surface area contributed by atoms with Crippen LogP contribution in [-0.2, 0) is 26.1 Å². The maximum absolute atomic E-state index is 13.7. The molecule has 0 saturated carbocycles. The Hall–Kier alpha value is -3.29. The lowest BCUT2D eigenvalue weighted by molar-refractivity contribution is -0.125. The average molecular weight is 616 g/mol. The Kier molecular flexibility index (Phi) is 9.00. The van der Waals surface area contributed by atoms with Crippen LogP contribution in [-0.4, -0.2) is 72.7 Å². The number of anilines is 1. The number of nitrogens with one attached hydrogen (secondary N) is 2. The van der Waals surface area contributed by atoms with Gasteiger partial charge in [-0.1, -0.05) is 29.8 Å². The second-order valence-corrected chi connectivity index (χ2v) is 12.8. The molecule has 3 aromatic rings. The lowest BCUT2D eigenvalue weighted by Crippen LogP contribution is -2.46. The number of aryl methyl sites for hydroxylation is 1. The third kappa shape index (κ3) is 6.23. The molecule has 2 aliphatic rings. The van der Waals surface area contributed by atoms with Crippen molar-refractivity contribution in [3.8, 4) is 17.0 Å². The van der Waals surface area contributed by atoms with Crippen molar-refractivity contribution in [1.82, 2.24) is 19.6 Å². The number of aliphatic hydroxyl groups is 1. The Morgan fingerprint density at radius 1 is 1.24 bits per heavy atom. The van der Waals surface area contributed by atoms with Crippen LogP contribution in [0.1, 0.15) is 42.5 Å². The number of ether oxygens (including phenoxy) is 2. The van der Waals surface area contributed by atoms with Crippen LogP contribution in [0.15, 0.2) is 47.5 Å². The van der Waals surface area contributed by atoms with Gasteiger partial charge in [-0.05, 0) is 61.6 Å². The normalized spacial score (nSPS) is 18.2. The average Bonchev–Trinajstić information content (AvgIpc) is 3.25.